The first-order valence-corrected chi connectivity index (χ1v) is 7.29. The van der Waals surface area contributed by atoms with Crippen molar-refractivity contribution in [3.63, 3.8) is 0 Å². The van der Waals surface area contributed by atoms with Gasteiger partial charge in [-0.15, -0.1) is 0 Å². The van der Waals surface area contributed by atoms with Gasteiger partial charge in [0.1, 0.15) is 5.82 Å². The third kappa shape index (κ3) is 2.96. The highest BCUT2D eigenvalue weighted by Gasteiger charge is 2.15. The Kier molecular flexibility index (Phi) is 4.00. The number of benzene rings is 3. The molecule has 1 amide bonds. The molecule has 4 nitrogen and oxygen atoms in total. The van der Waals surface area contributed by atoms with Crippen LogP contribution in [0.3, 0.4) is 0 Å². The summed E-state index contributed by atoms with van der Waals surface area (Å²) in [6, 6.07) is 14.5. The van der Waals surface area contributed by atoms with Crippen molar-refractivity contribution in [1.82, 2.24) is 0 Å². The van der Waals surface area contributed by atoms with E-state index in [2.05, 4.69) is 5.32 Å². The Hall–Kier alpha value is -3.21. The van der Waals surface area contributed by atoms with Crippen molar-refractivity contribution < 1.29 is 19.1 Å². The predicted molar refractivity (Wildman–Crippen MR) is 90.0 cm³/mol. The Balaban J connectivity index is 2.01. The zero-order valence-electron chi connectivity index (χ0n) is 12.8. The number of amides is 1. The van der Waals surface area contributed by atoms with Crippen LogP contribution < -0.4 is 5.32 Å². The fourth-order valence-electron chi connectivity index (χ4n) is 2.45. The number of aryl methyl sites for hydroxylation is 1. The number of fused-ring (bicyclic) bond motifs is 1. The fourth-order valence-corrected chi connectivity index (χ4v) is 2.45. The van der Waals surface area contributed by atoms with Crippen LogP contribution in [0.2, 0.25) is 0 Å². The second kappa shape index (κ2) is 6.12. The molecule has 0 fully saturated rings. The number of carbonyl (C=O) groups is 2. The summed E-state index contributed by atoms with van der Waals surface area (Å²) >= 11 is 0. The van der Waals surface area contributed by atoms with E-state index >= 15 is 0 Å². The quantitative estimate of drug-likeness (QED) is 0.757. The third-order valence-electron chi connectivity index (χ3n) is 3.80. The minimum atomic E-state index is -1.15. The average Bonchev–Trinajstić information content (AvgIpc) is 2.56. The standard InChI is InChI=1S/C19H14FNO3/c1-11-6-7-14(9-16(11)20)18(22)21-17-10-13-5-3-2-4-12(13)8-15(17)19(23)24/h2-10H,1H3,(H,21,22)(H,23,24). The molecule has 0 heterocycles. The van der Waals surface area contributed by atoms with Crippen molar-refractivity contribution >= 4 is 28.3 Å². The van der Waals surface area contributed by atoms with E-state index < -0.39 is 17.7 Å². The Labute approximate surface area is 137 Å². The molecule has 0 radical (unpaired) electrons. The van der Waals surface area contributed by atoms with Crippen LogP contribution in [0.4, 0.5) is 10.1 Å². The number of rotatable bonds is 3. The molecule has 0 unspecified atom stereocenters. The first-order chi connectivity index (χ1) is 11.5. The minimum Gasteiger partial charge on any atom is -0.478 e. The maximum absolute atomic E-state index is 13.6. The van der Waals surface area contributed by atoms with Gasteiger partial charge in [0.25, 0.3) is 5.91 Å². The number of hydrogen-bond acceptors (Lipinski definition) is 2. The summed E-state index contributed by atoms with van der Waals surface area (Å²) in [6.07, 6.45) is 0. The fraction of sp³-hybridized carbons (Fsp3) is 0.0526. The van der Waals surface area contributed by atoms with Gasteiger partial charge in [-0.3, -0.25) is 4.79 Å². The van der Waals surface area contributed by atoms with Crippen molar-refractivity contribution in [2.45, 2.75) is 6.92 Å². The second-order valence-electron chi connectivity index (χ2n) is 5.47. The van der Waals surface area contributed by atoms with Crippen LogP contribution in [-0.2, 0) is 0 Å². The molecule has 0 saturated heterocycles. The maximum atomic E-state index is 13.6. The van der Waals surface area contributed by atoms with Crippen molar-refractivity contribution in [1.29, 1.82) is 0 Å². The molecule has 0 spiro atoms. The second-order valence-corrected chi connectivity index (χ2v) is 5.47. The van der Waals surface area contributed by atoms with Gasteiger partial charge >= 0.3 is 5.97 Å². The Morgan fingerprint density at radius 2 is 1.67 bits per heavy atom. The van der Waals surface area contributed by atoms with Gasteiger partial charge in [-0.05, 0) is 47.5 Å². The summed E-state index contributed by atoms with van der Waals surface area (Å²) in [5, 5.41) is 13.5. The molecule has 0 saturated carbocycles. The van der Waals surface area contributed by atoms with Crippen LogP contribution in [0.5, 0.6) is 0 Å². The molecule has 0 atom stereocenters. The topological polar surface area (TPSA) is 66.4 Å². The minimum absolute atomic E-state index is 0.0189. The molecular formula is C19H14FNO3. The van der Waals surface area contributed by atoms with Gasteiger partial charge in [-0.1, -0.05) is 30.3 Å². The van der Waals surface area contributed by atoms with Crippen LogP contribution >= 0.6 is 0 Å². The lowest BCUT2D eigenvalue weighted by molar-refractivity contribution is 0.0698. The number of carboxylic acids is 1. The lowest BCUT2D eigenvalue weighted by Crippen LogP contribution is -2.15. The van der Waals surface area contributed by atoms with Crippen LogP contribution in [0.1, 0.15) is 26.3 Å². The molecule has 3 aromatic rings. The van der Waals surface area contributed by atoms with E-state index in [-0.39, 0.29) is 16.8 Å². The highest BCUT2D eigenvalue weighted by atomic mass is 19.1. The highest BCUT2D eigenvalue weighted by Crippen LogP contribution is 2.25. The number of halogens is 1. The van der Waals surface area contributed by atoms with E-state index in [1.807, 2.05) is 12.1 Å². The van der Waals surface area contributed by atoms with Gasteiger partial charge in [-0.25, -0.2) is 9.18 Å². The average molecular weight is 323 g/mol. The molecule has 0 aliphatic heterocycles. The van der Waals surface area contributed by atoms with E-state index in [1.165, 1.54) is 18.2 Å². The Morgan fingerprint density at radius 1 is 1.00 bits per heavy atom. The number of nitrogens with one attached hydrogen (secondary N) is 1. The van der Waals surface area contributed by atoms with Crippen molar-refractivity contribution in [3.05, 3.63) is 77.1 Å². The van der Waals surface area contributed by atoms with E-state index in [1.54, 1.807) is 25.1 Å². The van der Waals surface area contributed by atoms with Gasteiger partial charge in [0.15, 0.2) is 0 Å². The number of aromatic carboxylic acids is 1. The number of hydrogen-bond donors (Lipinski definition) is 2. The summed E-state index contributed by atoms with van der Waals surface area (Å²) < 4.78 is 13.6. The molecule has 0 aromatic heterocycles. The molecule has 120 valence electrons. The van der Waals surface area contributed by atoms with Gasteiger partial charge in [-0.2, -0.15) is 0 Å². The van der Waals surface area contributed by atoms with Crippen LogP contribution in [0.25, 0.3) is 10.8 Å². The van der Waals surface area contributed by atoms with Crippen LogP contribution in [0.15, 0.2) is 54.6 Å². The summed E-state index contributed by atoms with van der Waals surface area (Å²) in [5.41, 5.74) is 0.716. The smallest absolute Gasteiger partial charge is 0.337 e. The van der Waals surface area contributed by atoms with Crippen molar-refractivity contribution in [2.75, 3.05) is 5.32 Å². The molecule has 0 aliphatic rings. The van der Waals surface area contributed by atoms with Crippen molar-refractivity contribution in [2.24, 2.45) is 0 Å². The normalized spacial score (nSPS) is 10.6. The van der Waals surface area contributed by atoms with Gasteiger partial charge in [0, 0.05) is 5.56 Å². The number of carboxylic acid groups (broad SMARTS) is 1. The summed E-state index contributed by atoms with van der Waals surface area (Å²) in [4.78, 5) is 23.8. The molecule has 0 aliphatic carbocycles. The Morgan fingerprint density at radius 3 is 2.29 bits per heavy atom. The Bertz CT molecular complexity index is 966. The lowest BCUT2D eigenvalue weighted by Gasteiger charge is -2.11. The first-order valence-electron chi connectivity index (χ1n) is 7.29. The van der Waals surface area contributed by atoms with Gasteiger partial charge in [0.2, 0.25) is 0 Å². The molecule has 2 N–H and O–H groups in total. The molecule has 3 aromatic carbocycles. The lowest BCUT2D eigenvalue weighted by atomic mass is 10.0. The molecule has 0 bridgehead atoms. The summed E-state index contributed by atoms with van der Waals surface area (Å²) in [5.74, 6) is -2.20. The monoisotopic (exact) mass is 323 g/mol. The summed E-state index contributed by atoms with van der Waals surface area (Å²) in [6.45, 7) is 1.60. The third-order valence-corrected chi connectivity index (χ3v) is 3.80. The van der Waals surface area contributed by atoms with E-state index in [4.69, 9.17) is 0 Å². The number of carbonyl (C=O) groups excluding carboxylic acids is 1. The maximum Gasteiger partial charge on any atom is 0.337 e. The number of anilines is 1. The SMILES string of the molecule is Cc1ccc(C(=O)Nc2cc3ccccc3cc2C(=O)O)cc1F. The van der Waals surface area contributed by atoms with Gasteiger partial charge in [0.05, 0.1) is 11.3 Å². The van der Waals surface area contributed by atoms with E-state index in [0.29, 0.717) is 5.56 Å². The zero-order valence-corrected chi connectivity index (χ0v) is 12.8. The largest absolute Gasteiger partial charge is 0.478 e. The first kappa shape index (κ1) is 15.7. The van der Waals surface area contributed by atoms with E-state index in [9.17, 15) is 19.1 Å². The zero-order chi connectivity index (χ0) is 17.3. The molecule has 5 heteroatoms. The molecule has 24 heavy (non-hydrogen) atoms. The van der Waals surface area contributed by atoms with E-state index in [0.717, 1.165) is 16.8 Å². The predicted octanol–water partition coefficient (Wildman–Crippen LogP) is 4.24. The van der Waals surface area contributed by atoms with Gasteiger partial charge < -0.3 is 10.4 Å². The summed E-state index contributed by atoms with van der Waals surface area (Å²) in [7, 11) is 0. The molecular weight excluding hydrogens is 309 g/mol. The molecule has 3 rings (SSSR count). The highest BCUT2D eigenvalue weighted by molar-refractivity contribution is 6.10. The van der Waals surface area contributed by atoms with Crippen LogP contribution in [-0.4, -0.2) is 17.0 Å². The van der Waals surface area contributed by atoms with Crippen LogP contribution in [0, 0.1) is 12.7 Å². The van der Waals surface area contributed by atoms with Crippen molar-refractivity contribution in [3.8, 4) is 0 Å².